The van der Waals surface area contributed by atoms with Crippen LogP contribution in [0.2, 0.25) is 5.02 Å². The fraction of sp³-hybridized carbons (Fsp3) is 0.0588. The highest BCUT2D eigenvalue weighted by molar-refractivity contribution is 6.30. The zero-order valence-corrected chi connectivity index (χ0v) is 12.8. The molecule has 0 aromatic heterocycles. The summed E-state index contributed by atoms with van der Waals surface area (Å²) in [5, 5.41) is 0.572. The molecule has 0 unspecified atom stereocenters. The maximum Gasteiger partial charge on any atom is 0.363 e. The Labute approximate surface area is 136 Å². The van der Waals surface area contributed by atoms with E-state index in [4.69, 9.17) is 21.1 Å². The molecule has 2 aromatic rings. The Morgan fingerprint density at radius 2 is 1.96 bits per heavy atom. The molecule has 0 spiro atoms. The van der Waals surface area contributed by atoms with Crippen molar-refractivity contribution in [3.05, 3.63) is 70.1 Å². The van der Waals surface area contributed by atoms with Gasteiger partial charge in [-0.15, -0.1) is 0 Å². The summed E-state index contributed by atoms with van der Waals surface area (Å²) < 4.78 is 23.7. The Morgan fingerprint density at radius 3 is 2.61 bits per heavy atom. The number of carbonyl (C=O) groups excluding carboxylic acids is 1. The standard InChI is InChI=1S/C17H11ClFNO3/c1-22-15-7-2-10(8-13(15)19)9-14-17(21)23-16(20-14)11-3-5-12(18)6-4-11/h2-9H,1H3/b14-9+. The predicted octanol–water partition coefficient (Wildman–Crippen LogP) is 3.83. The molecule has 0 bridgehead atoms. The summed E-state index contributed by atoms with van der Waals surface area (Å²) in [6.07, 6.45) is 1.45. The van der Waals surface area contributed by atoms with Gasteiger partial charge in [-0.1, -0.05) is 17.7 Å². The fourth-order valence-corrected chi connectivity index (χ4v) is 2.18. The van der Waals surface area contributed by atoms with Gasteiger partial charge in [-0.25, -0.2) is 14.2 Å². The zero-order valence-electron chi connectivity index (χ0n) is 12.0. The second-order valence-electron chi connectivity index (χ2n) is 4.74. The van der Waals surface area contributed by atoms with E-state index in [0.29, 0.717) is 16.1 Å². The number of ether oxygens (including phenoxy) is 2. The number of cyclic esters (lactones) is 1. The van der Waals surface area contributed by atoms with E-state index in [1.54, 1.807) is 30.3 Å². The number of hydrogen-bond acceptors (Lipinski definition) is 4. The first-order valence-electron chi connectivity index (χ1n) is 6.69. The van der Waals surface area contributed by atoms with Crippen LogP contribution in [-0.4, -0.2) is 19.0 Å². The van der Waals surface area contributed by atoms with E-state index >= 15 is 0 Å². The van der Waals surface area contributed by atoms with Gasteiger partial charge in [0.2, 0.25) is 5.90 Å². The molecule has 0 aliphatic carbocycles. The molecule has 6 heteroatoms. The lowest BCUT2D eigenvalue weighted by Gasteiger charge is -2.01. The third kappa shape index (κ3) is 3.24. The molecule has 0 saturated carbocycles. The van der Waals surface area contributed by atoms with Crippen LogP contribution in [0.1, 0.15) is 11.1 Å². The molecule has 0 atom stereocenters. The second-order valence-corrected chi connectivity index (χ2v) is 5.17. The molecule has 2 aromatic carbocycles. The minimum atomic E-state index is -0.592. The zero-order chi connectivity index (χ0) is 16.4. The molecule has 1 heterocycles. The number of hydrogen-bond donors (Lipinski definition) is 0. The molecule has 0 saturated heterocycles. The number of halogens is 2. The number of benzene rings is 2. The van der Waals surface area contributed by atoms with E-state index in [1.807, 2.05) is 0 Å². The van der Waals surface area contributed by atoms with Gasteiger partial charge in [0.1, 0.15) is 0 Å². The minimum Gasteiger partial charge on any atom is -0.494 e. The first-order valence-corrected chi connectivity index (χ1v) is 7.06. The third-order valence-electron chi connectivity index (χ3n) is 3.19. The topological polar surface area (TPSA) is 47.9 Å². The number of rotatable bonds is 3. The van der Waals surface area contributed by atoms with E-state index in [0.717, 1.165) is 0 Å². The summed E-state index contributed by atoms with van der Waals surface area (Å²) in [4.78, 5) is 16.0. The van der Waals surface area contributed by atoms with Gasteiger partial charge in [0.05, 0.1) is 7.11 Å². The van der Waals surface area contributed by atoms with Gasteiger partial charge in [0, 0.05) is 10.6 Å². The largest absolute Gasteiger partial charge is 0.494 e. The van der Waals surface area contributed by atoms with Crippen molar-refractivity contribution in [1.82, 2.24) is 0 Å². The quantitative estimate of drug-likeness (QED) is 0.634. The van der Waals surface area contributed by atoms with Crippen LogP contribution in [0.5, 0.6) is 5.75 Å². The molecular formula is C17H11ClFNO3. The summed E-state index contributed by atoms with van der Waals surface area (Å²) in [7, 11) is 1.38. The maximum atomic E-state index is 13.7. The summed E-state index contributed by atoms with van der Waals surface area (Å²) in [5.41, 5.74) is 1.21. The van der Waals surface area contributed by atoms with Crippen molar-refractivity contribution in [2.24, 2.45) is 4.99 Å². The van der Waals surface area contributed by atoms with Crippen LogP contribution >= 0.6 is 11.6 Å². The number of esters is 1. The highest BCUT2D eigenvalue weighted by atomic mass is 35.5. The monoisotopic (exact) mass is 331 g/mol. The Kier molecular flexibility index (Phi) is 4.12. The fourth-order valence-electron chi connectivity index (χ4n) is 2.06. The SMILES string of the molecule is COc1ccc(/C=C2/N=C(c3ccc(Cl)cc3)OC2=O)cc1F. The second kappa shape index (κ2) is 6.22. The Bertz CT molecular complexity index is 828. The van der Waals surface area contributed by atoms with Crippen LogP contribution < -0.4 is 4.74 Å². The van der Waals surface area contributed by atoms with Crippen LogP contribution in [0.3, 0.4) is 0 Å². The number of aliphatic imine (C=N–C) groups is 1. The molecule has 0 amide bonds. The molecule has 0 fully saturated rings. The number of carbonyl (C=O) groups is 1. The maximum absolute atomic E-state index is 13.7. The van der Waals surface area contributed by atoms with E-state index in [1.165, 1.54) is 25.3 Å². The highest BCUT2D eigenvalue weighted by Gasteiger charge is 2.24. The lowest BCUT2D eigenvalue weighted by atomic mass is 10.2. The van der Waals surface area contributed by atoms with Gasteiger partial charge in [-0.3, -0.25) is 0 Å². The van der Waals surface area contributed by atoms with Gasteiger partial charge in [-0.05, 0) is 48.0 Å². The van der Waals surface area contributed by atoms with Crippen molar-refractivity contribution < 1.29 is 18.7 Å². The van der Waals surface area contributed by atoms with Gasteiger partial charge in [-0.2, -0.15) is 0 Å². The van der Waals surface area contributed by atoms with Crippen LogP contribution in [0.15, 0.2) is 53.2 Å². The number of methoxy groups -OCH3 is 1. The van der Waals surface area contributed by atoms with Crippen molar-refractivity contribution in [2.75, 3.05) is 7.11 Å². The van der Waals surface area contributed by atoms with Crippen molar-refractivity contribution in [3.63, 3.8) is 0 Å². The van der Waals surface area contributed by atoms with E-state index in [9.17, 15) is 9.18 Å². The number of nitrogens with zero attached hydrogens (tertiary/aromatic N) is 1. The van der Waals surface area contributed by atoms with E-state index in [2.05, 4.69) is 4.99 Å². The average molecular weight is 332 g/mol. The Morgan fingerprint density at radius 1 is 1.22 bits per heavy atom. The third-order valence-corrected chi connectivity index (χ3v) is 3.44. The molecule has 4 nitrogen and oxygen atoms in total. The van der Waals surface area contributed by atoms with Crippen LogP contribution in [0, 0.1) is 5.82 Å². The average Bonchev–Trinajstić information content (AvgIpc) is 2.89. The van der Waals surface area contributed by atoms with E-state index in [-0.39, 0.29) is 17.3 Å². The minimum absolute atomic E-state index is 0.0968. The van der Waals surface area contributed by atoms with Crippen LogP contribution in [-0.2, 0) is 9.53 Å². The van der Waals surface area contributed by atoms with Crippen LogP contribution in [0.4, 0.5) is 4.39 Å². The van der Waals surface area contributed by atoms with Crippen molar-refractivity contribution in [2.45, 2.75) is 0 Å². The van der Waals surface area contributed by atoms with Gasteiger partial charge >= 0.3 is 5.97 Å². The van der Waals surface area contributed by atoms with E-state index < -0.39 is 11.8 Å². The summed E-state index contributed by atoms with van der Waals surface area (Å²) in [5.74, 6) is -0.792. The van der Waals surface area contributed by atoms with Crippen LogP contribution in [0.25, 0.3) is 6.08 Å². The molecular weight excluding hydrogens is 321 g/mol. The normalized spacial score (nSPS) is 15.5. The van der Waals surface area contributed by atoms with Crippen molar-refractivity contribution in [1.29, 1.82) is 0 Å². The lowest BCUT2D eigenvalue weighted by molar-refractivity contribution is -0.129. The molecule has 1 aliphatic rings. The molecule has 1 aliphatic heterocycles. The molecule has 23 heavy (non-hydrogen) atoms. The smallest absolute Gasteiger partial charge is 0.363 e. The molecule has 116 valence electrons. The van der Waals surface area contributed by atoms with Crippen molar-refractivity contribution in [3.8, 4) is 5.75 Å². The molecule has 0 N–H and O–H groups in total. The summed E-state index contributed by atoms with van der Waals surface area (Å²) in [6, 6.07) is 11.1. The van der Waals surface area contributed by atoms with Gasteiger partial charge in [0.25, 0.3) is 0 Å². The summed E-state index contributed by atoms with van der Waals surface area (Å²) >= 11 is 5.82. The lowest BCUT2D eigenvalue weighted by Crippen LogP contribution is -2.05. The molecule has 0 radical (unpaired) electrons. The van der Waals surface area contributed by atoms with Crippen molar-refractivity contribution >= 4 is 29.5 Å². The summed E-state index contributed by atoms with van der Waals surface area (Å²) in [6.45, 7) is 0. The Balaban J connectivity index is 1.91. The first-order chi connectivity index (χ1) is 11.1. The highest BCUT2D eigenvalue weighted by Crippen LogP contribution is 2.23. The first kappa shape index (κ1) is 15.2. The Hall–Kier alpha value is -2.66. The van der Waals surface area contributed by atoms with Gasteiger partial charge < -0.3 is 9.47 Å². The predicted molar refractivity (Wildman–Crippen MR) is 85.0 cm³/mol. The molecule has 3 rings (SSSR count). The van der Waals surface area contributed by atoms with Gasteiger partial charge in [0.15, 0.2) is 17.3 Å².